The van der Waals surface area contributed by atoms with Crippen molar-refractivity contribution in [1.82, 2.24) is 0 Å². The fraction of sp³-hybridized carbons (Fsp3) is 0.0833. The summed E-state index contributed by atoms with van der Waals surface area (Å²) in [6, 6.07) is 22.7. The van der Waals surface area contributed by atoms with Gasteiger partial charge in [-0.2, -0.15) is 5.26 Å². The molecular weight excluding hydrogens is 508 g/mol. The fourth-order valence-corrected chi connectivity index (χ4v) is 3.68. The number of nitrogens with one attached hydrogen (secondary N) is 1. The van der Waals surface area contributed by atoms with Crippen LogP contribution < -0.4 is 10.1 Å². The van der Waals surface area contributed by atoms with Gasteiger partial charge in [-0.3, -0.25) is 4.79 Å². The lowest BCUT2D eigenvalue weighted by Crippen LogP contribution is -2.13. The predicted octanol–water partition coefficient (Wildman–Crippen LogP) is 6.64. The molecule has 0 aliphatic heterocycles. The maximum absolute atomic E-state index is 12.4. The molecule has 0 heterocycles. The highest BCUT2D eigenvalue weighted by Crippen LogP contribution is 2.28. The molecule has 0 unspecified atom stereocenters. The Morgan fingerprint density at radius 1 is 1.10 bits per heavy atom. The average molecular weight is 526 g/mol. The molecule has 6 heteroatoms. The number of amides is 1. The van der Waals surface area contributed by atoms with Gasteiger partial charge >= 0.3 is 0 Å². The minimum absolute atomic E-state index is 0.00954. The average Bonchev–Trinajstić information content (AvgIpc) is 2.71. The lowest BCUT2D eigenvalue weighted by atomic mass is 10.1. The van der Waals surface area contributed by atoms with Crippen LogP contribution in [0.25, 0.3) is 6.08 Å². The topological polar surface area (TPSA) is 62.1 Å². The van der Waals surface area contributed by atoms with Crippen molar-refractivity contribution in [1.29, 1.82) is 5.26 Å². The van der Waals surface area contributed by atoms with Crippen molar-refractivity contribution in [3.05, 3.63) is 97.9 Å². The molecule has 1 amide bonds. The summed E-state index contributed by atoms with van der Waals surface area (Å²) in [6.45, 7) is 2.49. The van der Waals surface area contributed by atoms with Crippen molar-refractivity contribution < 1.29 is 9.53 Å². The number of aryl methyl sites for hydroxylation is 1. The minimum atomic E-state index is -0.466. The van der Waals surface area contributed by atoms with E-state index in [1.54, 1.807) is 24.3 Å². The summed E-state index contributed by atoms with van der Waals surface area (Å²) in [5, 5.41) is 12.1. The van der Waals surface area contributed by atoms with Crippen LogP contribution in [-0.2, 0) is 11.4 Å². The van der Waals surface area contributed by atoms with Gasteiger partial charge in [0.2, 0.25) is 0 Å². The molecule has 0 fully saturated rings. The van der Waals surface area contributed by atoms with E-state index in [0.717, 1.165) is 14.5 Å². The molecule has 0 atom stereocenters. The molecule has 4 nitrogen and oxygen atoms in total. The maximum atomic E-state index is 12.4. The number of hydrogen-bond donors (Lipinski definition) is 1. The van der Waals surface area contributed by atoms with E-state index < -0.39 is 5.91 Å². The molecule has 0 saturated heterocycles. The van der Waals surface area contributed by atoms with E-state index in [9.17, 15) is 10.1 Å². The van der Waals surface area contributed by atoms with Crippen LogP contribution in [0.2, 0.25) is 0 Å². The summed E-state index contributed by atoms with van der Waals surface area (Å²) in [5.41, 5.74) is 3.60. The highest BCUT2D eigenvalue weighted by atomic mass is 79.9. The first-order chi connectivity index (χ1) is 14.4. The monoisotopic (exact) mass is 524 g/mol. The van der Waals surface area contributed by atoms with Crippen molar-refractivity contribution in [2.45, 2.75) is 13.5 Å². The Morgan fingerprint density at radius 2 is 1.90 bits per heavy atom. The number of ether oxygens (including phenoxy) is 1. The second kappa shape index (κ2) is 10.2. The molecule has 0 aromatic heterocycles. The van der Waals surface area contributed by atoms with Crippen LogP contribution in [0.4, 0.5) is 5.69 Å². The minimum Gasteiger partial charge on any atom is -0.488 e. The second-order valence-electron chi connectivity index (χ2n) is 6.60. The molecule has 30 heavy (non-hydrogen) atoms. The number of halogens is 2. The van der Waals surface area contributed by atoms with Crippen molar-refractivity contribution in [2.75, 3.05) is 5.32 Å². The highest BCUT2D eigenvalue weighted by molar-refractivity contribution is 9.10. The van der Waals surface area contributed by atoms with Crippen molar-refractivity contribution in [2.24, 2.45) is 0 Å². The summed E-state index contributed by atoms with van der Waals surface area (Å²) >= 11 is 6.86. The Balaban J connectivity index is 1.71. The summed E-state index contributed by atoms with van der Waals surface area (Å²) in [7, 11) is 0. The van der Waals surface area contributed by atoms with Gasteiger partial charge in [0.25, 0.3) is 5.91 Å². The number of nitriles is 1. The van der Waals surface area contributed by atoms with Crippen LogP contribution in [0, 0.1) is 18.3 Å². The zero-order chi connectivity index (χ0) is 21.5. The normalized spacial score (nSPS) is 10.9. The van der Waals surface area contributed by atoms with E-state index in [1.165, 1.54) is 5.56 Å². The van der Waals surface area contributed by atoms with Crippen molar-refractivity contribution in [3.8, 4) is 11.8 Å². The van der Waals surface area contributed by atoms with Gasteiger partial charge in [-0.25, -0.2) is 0 Å². The molecule has 0 spiro atoms. The fourth-order valence-electron chi connectivity index (χ4n) is 2.77. The molecule has 0 aliphatic carbocycles. The Hall–Kier alpha value is -2.88. The lowest BCUT2D eigenvalue weighted by Gasteiger charge is -2.10. The molecule has 0 aliphatic rings. The molecule has 3 aromatic carbocycles. The number of benzene rings is 3. The molecule has 0 saturated carbocycles. The molecular formula is C24H18Br2N2O2. The van der Waals surface area contributed by atoms with Gasteiger partial charge in [0.05, 0.1) is 4.47 Å². The number of hydrogen-bond acceptors (Lipinski definition) is 3. The number of nitrogens with zero attached hydrogens (tertiary/aromatic N) is 1. The van der Waals surface area contributed by atoms with E-state index in [4.69, 9.17) is 4.74 Å². The third-order valence-electron chi connectivity index (χ3n) is 4.19. The van der Waals surface area contributed by atoms with Gasteiger partial charge in [-0.15, -0.1) is 0 Å². The van der Waals surface area contributed by atoms with Crippen LogP contribution in [0.1, 0.15) is 16.7 Å². The molecule has 150 valence electrons. The molecule has 1 N–H and O–H groups in total. The Labute approximate surface area is 192 Å². The van der Waals surface area contributed by atoms with Crippen LogP contribution in [0.15, 0.2) is 81.2 Å². The molecule has 0 radical (unpaired) electrons. The van der Waals surface area contributed by atoms with E-state index >= 15 is 0 Å². The van der Waals surface area contributed by atoms with Crippen LogP contribution >= 0.6 is 31.9 Å². The van der Waals surface area contributed by atoms with Gasteiger partial charge in [-0.05, 0) is 70.4 Å². The molecule has 3 rings (SSSR count). The number of rotatable bonds is 6. The summed E-state index contributed by atoms with van der Waals surface area (Å²) < 4.78 is 7.47. The molecule has 3 aromatic rings. The van der Waals surface area contributed by atoms with E-state index in [0.29, 0.717) is 23.6 Å². The van der Waals surface area contributed by atoms with E-state index in [2.05, 4.69) is 43.2 Å². The third kappa shape index (κ3) is 6.06. The third-order valence-corrected chi connectivity index (χ3v) is 5.30. The zero-order valence-electron chi connectivity index (χ0n) is 16.2. The maximum Gasteiger partial charge on any atom is 0.266 e. The predicted molar refractivity (Wildman–Crippen MR) is 126 cm³/mol. The lowest BCUT2D eigenvalue weighted by molar-refractivity contribution is -0.112. The SMILES string of the molecule is Cc1cccc(COc2ccc(/C=C(/C#N)C(=O)Nc3cccc(Br)c3)cc2Br)c1. The van der Waals surface area contributed by atoms with Crippen molar-refractivity contribution in [3.63, 3.8) is 0 Å². The van der Waals surface area contributed by atoms with Crippen LogP contribution in [0.3, 0.4) is 0 Å². The Morgan fingerprint density at radius 3 is 2.60 bits per heavy atom. The largest absolute Gasteiger partial charge is 0.488 e. The first-order valence-corrected chi connectivity index (χ1v) is 10.7. The standard InChI is InChI=1S/C24H18Br2N2O2/c1-16-4-2-5-18(10-16)15-30-23-9-8-17(12-22(23)26)11-19(14-27)24(29)28-21-7-3-6-20(25)13-21/h2-13H,15H2,1H3,(H,28,29)/b19-11-. The number of anilines is 1. The zero-order valence-corrected chi connectivity index (χ0v) is 19.3. The van der Waals surface area contributed by atoms with E-state index in [1.807, 2.05) is 55.5 Å². The summed E-state index contributed by atoms with van der Waals surface area (Å²) in [4.78, 5) is 12.4. The smallest absolute Gasteiger partial charge is 0.266 e. The van der Waals surface area contributed by atoms with Gasteiger partial charge in [-0.1, -0.05) is 57.9 Å². The first kappa shape index (κ1) is 21.8. The second-order valence-corrected chi connectivity index (χ2v) is 8.37. The Kier molecular flexibility index (Phi) is 7.45. The summed E-state index contributed by atoms with van der Waals surface area (Å²) in [5.74, 6) is 0.220. The first-order valence-electron chi connectivity index (χ1n) is 9.11. The highest BCUT2D eigenvalue weighted by Gasteiger charge is 2.11. The van der Waals surface area contributed by atoms with E-state index in [-0.39, 0.29) is 5.57 Å². The van der Waals surface area contributed by atoms with Gasteiger partial charge in [0.1, 0.15) is 24.0 Å². The van der Waals surface area contributed by atoms with Crippen molar-refractivity contribution >= 4 is 49.5 Å². The van der Waals surface area contributed by atoms with Crippen LogP contribution in [0.5, 0.6) is 5.75 Å². The van der Waals surface area contributed by atoms with Gasteiger partial charge < -0.3 is 10.1 Å². The van der Waals surface area contributed by atoms with Gasteiger partial charge in [0.15, 0.2) is 0 Å². The molecule has 0 bridgehead atoms. The summed E-state index contributed by atoms with van der Waals surface area (Å²) in [6.07, 6.45) is 1.54. The van der Waals surface area contributed by atoms with Gasteiger partial charge in [0, 0.05) is 10.2 Å². The quantitative estimate of drug-likeness (QED) is 0.289. The number of carbonyl (C=O) groups is 1. The Bertz CT molecular complexity index is 1150. The van der Waals surface area contributed by atoms with Crippen LogP contribution in [-0.4, -0.2) is 5.91 Å². The number of carbonyl (C=O) groups excluding carboxylic acids is 1.